The molecule has 0 saturated carbocycles. The van der Waals surface area contributed by atoms with Crippen molar-refractivity contribution in [2.45, 2.75) is 12.1 Å². The third kappa shape index (κ3) is 1.69. The molecule has 2 aromatic carbocycles. The number of hydrogen-bond donors (Lipinski definition) is 2. The molecule has 90 valence electrons. The molecule has 3 nitrogen and oxygen atoms in total. The van der Waals surface area contributed by atoms with Gasteiger partial charge in [0.1, 0.15) is 5.75 Å². The maximum absolute atomic E-state index is 8.23. The second kappa shape index (κ2) is 4.27. The SMILES string of the molecule is N=C(c1ccccc1)C1Oc2ccccc2C1N. The zero-order chi connectivity index (χ0) is 12.5. The van der Waals surface area contributed by atoms with Crippen molar-refractivity contribution >= 4 is 5.71 Å². The molecule has 0 saturated heterocycles. The van der Waals surface area contributed by atoms with Crippen LogP contribution in [0.3, 0.4) is 0 Å². The van der Waals surface area contributed by atoms with Gasteiger partial charge in [-0.1, -0.05) is 48.5 Å². The number of nitrogens with one attached hydrogen (secondary N) is 1. The van der Waals surface area contributed by atoms with Crippen LogP contribution < -0.4 is 10.5 Å². The van der Waals surface area contributed by atoms with Crippen LogP contribution in [0.2, 0.25) is 0 Å². The first kappa shape index (κ1) is 11.0. The van der Waals surface area contributed by atoms with E-state index in [-0.39, 0.29) is 6.04 Å². The fourth-order valence-electron chi connectivity index (χ4n) is 2.26. The molecule has 0 aliphatic carbocycles. The number of nitrogens with two attached hydrogens (primary N) is 1. The van der Waals surface area contributed by atoms with E-state index in [2.05, 4.69) is 0 Å². The molecule has 3 N–H and O–H groups in total. The third-order valence-corrected chi connectivity index (χ3v) is 3.23. The van der Waals surface area contributed by atoms with Crippen molar-refractivity contribution in [3.05, 3.63) is 65.7 Å². The van der Waals surface area contributed by atoms with Gasteiger partial charge in [0.05, 0.1) is 11.8 Å². The molecule has 0 bridgehead atoms. The average molecular weight is 238 g/mol. The molecule has 2 aromatic rings. The Kier molecular flexibility index (Phi) is 2.61. The summed E-state index contributed by atoms with van der Waals surface area (Å²) in [4.78, 5) is 0. The number of fused-ring (bicyclic) bond motifs is 1. The fourth-order valence-corrected chi connectivity index (χ4v) is 2.26. The minimum Gasteiger partial charge on any atom is -0.482 e. The maximum atomic E-state index is 8.23. The van der Waals surface area contributed by atoms with Gasteiger partial charge in [-0.2, -0.15) is 0 Å². The Labute approximate surface area is 106 Å². The van der Waals surface area contributed by atoms with Crippen LogP contribution in [-0.2, 0) is 0 Å². The summed E-state index contributed by atoms with van der Waals surface area (Å²) in [6.45, 7) is 0. The Bertz CT molecular complexity index is 580. The van der Waals surface area contributed by atoms with E-state index < -0.39 is 6.10 Å². The first-order valence-corrected chi connectivity index (χ1v) is 5.92. The molecule has 2 atom stereocenters. The Morgan fingerprint density at radius 3 is 2.39 bits per heavy atom. The normalized spacial score (nSPS) is 21.2. The van der Waals surface area contributed by atoms with Crippen LogP contribution in [0.1, 0.15) is 17.2 Å². The molecular formula is C15H14N2O. The van der Waals surface area contributed by atoms with Gasteiger partial charge in [-0.3, -0.25) is 0 Å². The molecular weight excluding hydrogens is 224 g/mol. The van der Waals surface area contributed by atoms with Crippen molar-refractivity contribution < 1.29 is 4.74 Å². The average Bonchev–Trinajstić information content (AvgIpc) is 2.77. The highest BCUT2D eigenvalue weighted by Gasteiger charge is 2.34. The van der Waals surface area contributed by atoms with Gasteiger partial charge in [-0.25, -0.2) is 0 Å². The van der Waals surface area contributed by atoms with Crippen molar-refractivity contribution in [3.63, 3.8) is 0 Å². The highest BCUT2D eigenvalue weighted by atomic mass is 16.5. The van der Waals surface area contributed by atoms with Gasteiger partial charge < -0.3 is 15.9 Å². The Hall–Kier alpha value is -2.13. The molecule has 18 heavy (non-hydrogen) atoms. The minimum atomic E-state index is -0.398. The first-order chi connectivity index (χ1) is 8.77. The Morgan fingerprint density at radius 2 is 1.67 bits per heavy atom. The fraction of sp³-hybridized carbons (Fsp3) is 0.133. The van der Waals surface area contributed by atoms with Gasteiger partial charge in [0.25, 0.3) is 0 Å². The van der Waals surface area contributed by atoms with Crippen LogP contribution in [0.5, 0.6) is 5.75 Å². The summed E-state index contributed by atoms with van der Waals surface area (Å²) in [5.74, 6) is 0.788. The number of benzene rings is 2. The van der Waals surface area contributed by atoms with E-state index in [1.54, 1.807) is 0 Å². The van der Waals surface area contributed by atoms with E-state index in [4.69, 9.17) is 15.9 Å². The van der Waals surface area contributed by atoms with Crippen molar-refractivity contribution in [1.82, 2.24) is 0 Å². The van der Waals surface area contributed by atoms with E-state index in [1.165, 1.54) is 0 Å². The van der Waals surface area contributed by atoms with Crippen LogP contribution in [0.4, 0.5) is 0 Å². The van der Waals surface area contributed by atoms with E-state index in [9.17, 15) is 0 Å². The van der Waals surface area contributed by atoms with Crippen molar-refractivity contribution in [2.75, 3.05) is 0 Å². The zero-order valence-electron chi connectivity index (χ0n) is 9.84. The van der Waals surface area contributed by atoms with E-state index in [0.29, 0.717) is 5.71 Å². The molecule has 1 aliphatic heterocycles. The number of hydrogen-bond acceptors (Lipinski definition) is 3. The Morgan fingerprint density at radius 1 is 1.00 bits per heavy atom. The smallest absolute Gasteiger partial charge is 0.160 e. The van der Waals surface area contributed by atoms with Crippen LogP contribution in [0, 0.1) is 5.41 Å². The summed E-state index contributed by atoms with van der Waals surface area (Å²) in [5, 5.41) is 8.23. The standard InChI is InChI=1S/C15H14N2O/c16-13(10-6-2-1-3-7-10)15-14(17)11-8-4-5-9-12(11)18-15/h1-9,14-16H,17H2. The van der Waals surface area contributed by atoms with Crippen LogP contribution in [0.15, 0.2) is 54.6 Å². The van der Waals surface area contributed by atoms with Gasteiger partial charge >= 0.3 is 0 Å². The number of para-hydroxylation sites is 1. The number of ether oxygens (including phenoxy) is 1. The molecule has 0 aromatic heterocycles. The molecule has 3 heteroatoms. The highest BCUT2D eigenvalue weighted by molar-refractivity contribution is 6.02. The molecule has 0 amide bonds. The summed E-state index contributed by atoms with van der Waals surface area (Å²) < 4.78 is 5.79. The maximum Gasteiger partial charge on any atom is 0.160 e. The van der Waals surface area contributed by atoms with Gasteiger partial charge in [-0.15, -0.1) is 0 Å². The minimum absolute atomic E-state index is 0.270. The molecule has 1 aliphatic rings. The van der Waals surface area contributed by atoms with Gasteiger partial charge in [0.2, 0.25) is 0 Å². The number of rotatable bonds is 2. The van der Waals surface area contributed by atoms with Gasteiger partial charge in [0.15, 0.2) is 6.10 Å². The summed E-state index contributed by atoms with van der Waals surface area (Å²) in [6, 6.07) is 17.0. The van der Waals surface area contributed by atoms with Gasteiger partial charge in [0, 0.05) is 5.56 Å². The third-order valence-electron chi connectivity index (χ3n) is 3.23. The summed E-state index contributed by atoms with van der Waals surface area (Å²) in [6.07, 6.45) is -0.398. The first-order valence-electron chi connectivity index (χ1n) is 5.92. The second-order valence-electron chi connectivity index (χ2n) is 4.38. The summed E-state index contributed by atoms with van der Waals surface area (Å²) in [7, 11) is 0. The quantitative estimate of drug-likeness (QED) is 0.790. The highest BCUT2D eigenvalue weighted by Crippen LogP contribution is 2.35. The molecule has 0 fully saturated rings. The van der Waals surface area contributed by atoms with Crippen LogP contribution in [0.25, 0.3) is 0 Å². The zero-order valence-corrected chi connectivity index (χ0v) is 9.84. The van der Waals surface area contributed by atoms with Gasteiger partial charge in [-0.05, 0) is 11.6 Å². The second-order valence-corrected chi connectivity index (χ2v) is 4.38. The molecule has 1 heterocycles. The Balaban J connectivity index is 1.91. The molecule has 3 rings (SSSR count). The topological polar surface area (TPSA) is 59.1 Å². The lowest BCUT2D eigenvalue weighted by molar-refractivity contribution is 0.275. The monoisotopic (exact) mass is 238 g/mol. The van der Waals surface area contributed by atoms with E-state index in [0.717, 1.165) is 16.9 Å². The van der Waals surface area contributed by atoms with E-state index >= 15 is 0 Å². The van der Waals surface area contributed by atoms with Crippen LogP contribution >= 0.6 is 0 Å². The summed E-state index contributed by atoms with van der Waals surface area (Å²) >= 11 is 0. The molecule has 2 unspecified atom stereocenters. The van der Waals surface area contributed by atoms with Crippen molar-refractivity contribution in [1.29, 1.82) is 5.41 Å². The van der Waals surface area contributed by atoms with Crippen molar-refractivity contribution in [3.8, 4) is 5.75 Å². The molecule has 0 radical (unpaired) electrons. The summed E-state index contributed by atoms with van der Waals surface area (Å²) in [5.41, 5.74) is 8.42. The van der Waals surface area contributed by atoms with Crippen molar-refractivity contribution in [2.24, 2.45) is 5.73 Å². The largest absolute Gasteiger partial charge is 0.482 e. The van der Waals surface area contributed by atoms with E-state index in [1.807, 2.05) is 54.6 Å². The van der Waals surface area contributed by atoms with Crippen LogP contribution in [-0.4, -0.2) is 11.8 Å². The predicted molar refractivity (Wildman–Crippen MR) is 71.1 cm³/mol. The lowest BCUT2D eigenvalue weighted by atomic mass is 9.97. The lowest BCUT2D eigenvalue weighted by Crippen LogP contribution is -2.33. The molecule has 0 spiro atoms. The lowest BCUT2D eigenvalue weighted by Gasteiger charge is -2.16. The predicted octanol–water partition coefficient (Wildman–Crippen LogP) is 2.52.